The van der Waals surface area contributed by atoms with Crippen molar-refractivity contribution in [3.8, 4) is 11.5 Å². The lowest BCUT2D eigenvalue weighted by atomic mass is 10.1. The Balaban J connectivity index is 2.52. The van der Waals surface area contributed by atoms with Crippen LogP contribution < -0.4 is 4.74 Å². The summed E-state index contributed by atoms with van der Waals surface area (Å²) in [5, 5.41) is 20.9. The molecule has 0 heterocycles. The van der Waals surface area contributed by atoms with Crippen LogP contribution in [0.2, 0.25) is 10.0 Å². The standard InChI is InChI=1S/C21H24Cl2O6S/c1-4-9-28-16-7-5-13(10-17(21(25)26)29-12(2)3)19(24)20(16)30(27)18-8-6-14(22)11-15(18)23/h5-8,11-12,17,24H,4,9-10H2,1-3H3,(H,25,26). The maximum Gasteiger partial charge on any atom is 0.333 e. The molecule has 0 aliphatic heterocycles. The second-order valence-electron chi connectivity index (χ2n) is 6.81. The quantitative estimate of drug-likeness (QED) is 0.466. The number of aliphatic carboxylic acids is 1. The summed E-state index contributed by atoms with van der Waals surface area (Å²) in [5.74, 6) is -1.23. The average molecular weight is 475 g/mol. The van der Waals surface area contributed by atoms with Gasteiger partial charge in [-0.3, -0.25) is 0 Å². The minimum absolute atomic E-state index is 0.0267. The fraction of sp³-hybridized carbons (Fsp3) is 0.381. The van der Waals surface area contributed by atoms with E-state index in [4.69, 9.17) is 32.7 Å². The number of benzene rings is 2. The maximum atomic E-state index is 13.3. The number of rotatable bonds is 10. The van der Waals surface area contributed by atoms with Crippen LogP contribution in [0.25, 0.3) is 0 Å². The summed E-state index contributed by atoms with van der Waals surface area (Å²) in [6.07, 6.45) is -0.883. The molecule has 0 amide bonds. The number of carboxylic acid groups (broad SMARTS) is 1. The minimum Gasteiger partial charge on any atom is -0.606 e. The molecular weight excluding hydrogens is 451 g/mol. The van der Waals surface area contributed by atoms with Gasteiger partial charge < -0.3 is 24.2 Å². The minimum atomic E-state index is -1.89. The van der Waals surface area contributed by atoms with Crippen molar-refractivity contribution in [3.63, 3.8) is 0 Å². The first-order valence-corrected chi connectivity index (χ1v) is 11.3. The van der Waals surface area contributed by atoms with Crippen molar-refractivity contribution < 1.29 is 29.0 Å². The lowest BCUT2D eigenvalue weighted by Gasteiger charge is -2.20. The monoisotopic (exact) mass is 474 g/mol. The highest BCUT2D eigenvalue weighted by Crippen LogP contribution is 2.41. The van der Waals surface area contributed by atoms with E-state index in [1.165, 1.54) is 12.1 Å². The van der Waals surface area contributed by atoms with Gasteiger partial charge in [-0.25, -0.2) is 4.79 Å². The Morgan fingerprint density at radius 3 is 2.50 bits per heavy atom. The van der Waals surface area contributed by atoms with Crippen molar-refractivity contribution in [1.82, 2.24) is 0 Å². The third-order valence-corrected chi connectivity index (χ3v) is 6.22. The summed E-state index contributed by atoms with van der Waals surface area (Å²) < 4.78 is 24.4. The van der Waals surface area contributed by atoms with Gasteiger partial charge in [0.15, 0.2) is 22.5 Å². The van der Waals surface area contributed by atoms with E-state index in [1.807, 2.05) is 6.92 Å². The number of carboxylic acids is 1. The van der Waals surface area contributed by atoms with Gasteiger partial charge in [0.2, 0.25) is 4.90 Å². The summed E-state index contributed by atoms with van der Waals surface area (Å²) in [4.78, 5) is 11.8. The summed E-state index contributed by atoms with van der Waals surface area (Å²) in [6, 6.07) is 7.63. The molecule has 0 saturated carbocycles. The Morgan fingerprint density at radius 2 is 1.93 bits per heavy atom. The highest BCUT2D eigenvalue weighted by Gasteiger charge is 2.31. The zero-order valence-corrected chi connectivity index (χ0v) is 19.2. The second kappa shape index (κ2) is 11.1. The van der Waals surface area contributed by atoms with Gasteiger partial charge >= 0.3 is 5.97 Å². The average Bonchev–Trinajstić information content (AvgIpc) is 2.66. The van der Waals surface area contributed by atoms with Crippen LogP contribution in [-0.4, -0.2) is 39.5 Å². The predicted octanol–water partition coefficient (Wildman–Crippen LogP) is 5.08. The van der Waals surface area contributed by atoms with Crippen molar-refractivity contribution in [2.45, 2.75) is 55.6 Å². The number of carbonyl (C=O) groups is 1. The van der Waals surface area contributed by atoms with E-state index in [9.17, 15) is 19.6 Å². The van der Waals surface area contributed by atoms with Gasteiger partial charge in [-0.2, -0.15) is 0 Å². The van der Waals surface area contributed by atoms with E-state index in [0.717, 1.165) is 0 Å². The number of halogens is 2. The van der Waals surface area contributed by atoms with Crippen LogP contribution in [-0.2, 0) is 27.1 Å². The fourth-order valence-corrected chi connectivity index (χ4v) is 4.60. The lowest BCUT2D eigenvalue weighted by Crippen LogP contribution is -2.29. The first kappa shape index (κ1) is 24.6. The van der Waals surface area contributed by atoms with E-state index in [-0.39, 0.29) is 44.4 Å². The largest absolute Gasteiger partial charge is 0.606 e. The van der Waals surface area contributed by atoms with Crippen LogP contribution in [0, 0.1) is 0 Å². The first-order chi connectivity index (χ1) is 14.1. The van der Waals surface area contributed by atoms with Gasteiger partial charge in [0, 0.05) is 28.2 Å². The maximum absolute atomic E-state index is 13.3. The van der Waals surface area contributed by atoms with Gasteiger partial charge in [0.05, 0.1) is 17.7 Å². The van der Waals surface area contributed by atoms with Crippen LogP contribution in [0.15, 0.2) is 40.1 Å². The van der Waals surface area contributed by atoms with Crippen LogP contribution in [0.4, 0.5) is 0 Å². The molecule has 2 N–H and O–H groups in total. The normalized spacial score (nSPS) is 13.3. The molecule has 2 rings (SSSR count). The molecule has 0 saturated heterocycles. The van der Waals surface area contributed by atoms with E-state index < -0.39 is 23.2 Å². The zero-order chi connectivity index (χ0) is 22.4. The van der Waals surface area contributed by atoms with E-state index in [2.05, 4.69) is 0 Å². The molecule has 0 aromatic heterocycles. The lowest BCUT2D eigenvalue weighted by molar-refractivity contribution is -0.153. The molecule has 9 heteroatoms. The molecule has 0 aliphatic rings. The molecule has 30 heavy (non-hydrogen) atoms. The molecule has 0 aliphatic carbocycles. The molecule has 0 spiro atoms. The summed E-state index contributed by atoms with van der Waals surface area (Å²) in [5.41, 5.74) is 0.278. The number of phenolic OH excluding ortho intramolecular Hbond substituents is 1. The highest BCUT2D eigenvalue weighted by molar-refractivity contribution is 7.91. The molecule has 6 nitrogen and oxygen atoms in total. The molecule has 164 valence electrons. The number of hydrogen-bond donors (Lipinski definition) is 2. The molecule has 2 atom stereocenters. The Hall–Kier alpha value is -1.64. The number of hydrogen-bond acceptors (Lipinski definition) is 5. The Morgan fingerprint density at radius 1 is 1.23 bits per heavy atom. The van der Waals surface area contributed by atoms with Crippen LogP contribution in [0.1, 0.15) is 32.8 Å². The summed E-state index contributed by atoms with van der Waals surface area (Å²) in [7, 11) is 0. The summed E-state index contributed by atoms with van der Waals surface area (Å²) in [6.45, 7) is 5.72. The van der Waals surface area contributed by atoms with E-state index >= 15 is 0 Å². The number of ether oxygens (including phenoxy) is 2. The molecule has 2 aromatic carbocycles. The summed E-state index contributed by atoms with van der Waals surface area (Å²) >= 11 is 10.2. The van der Waals surface area contributed by atoms with Gasteiger partial charge in [-0.15, -0.1) is 0 Å². The van der Waals surface area contributed by atoms with Crippen LogP contribution >= 0.6 is 23.2 Å². The predicted molar refractivity (Wildman–Crippen MR) is 116 cm³/mol. The van der Waals surface area contributed by atoms with Gasteiger partial charge in [-0.05, 0) is 44.5 Å². The van der Waals surface area contributed by atoms with Crippen LogP contribution in [0.5, 0.6) is 11.5 Å². The topological polar surface area (TPSA) is 99.1 Å². The highest BCUT2D eigenvalue weighted by atomic mass is 35.5. The molecule has 2 aromatic rings. The Bertz CT molecular complexity index is 890. The van der Waals surface area contributed by atoms with Crippen molar-refractivity contribution in [2.24, 2.45) is 0 Å². The van der Waals surface area contributed by atoms with Crippen molar-refractivity contribution in [1.29, 1.82) is 0 Å². The number of aromatic hydroxyl groups is 1. The Labute approximate surface area is 188 Å². The van der Waals surface area contributed by atoms with Crippen molar-refractivity contribution >= 4 is 40.3 Å². The van der Waals surface area contributed by atoms with Gasteiger partial charge in [0.1, 0.15) is 0 Å². The second-order valence-corrected chi connectivity index (χ2v) is 9.04. The first-order valence-electron chi connectivity index (χ1n) is 9.38. The Kier molecular flexibility index (Phi) is 9.12. The third kappa shape index (κ3) is 6.18. The van der Waals surface area contributed by atoms with Gasteiger partial charge in [-0.1, -0.05) is 36.2 Å². The van der Waals surface area contributed by atoms with E-state index in [1.54, 1.807) is 32.0 Å². The zero-order valence-electron chi connectivity index (χ0n) is 16.9. The van der Waals surface area contributed by atoms with Crippen molar-refractivity contribution in [3.05, 3.63) is 45.9 Å². The van der Waals surface area contributed by atoms with Crippen molar-refractivity contribution in [2.75, 3.05) is 6.61 Å². The van der Waals surface area contributed by atoms with Gasteiger partial charge in [0.25, 0.3) is 0 Å². The molecule has 0 radical (unpaired) electrons. The molecule has 2 unspecified atom stereocenters. The molecule has 0 bridgehead atoms. The SMILES string of the molecule is CCCOc1ccc(CC(OC(C)C)C(=O)O)c(O)c1[S+]([O-])c1ccc(Cl)cc1Cl. The third-order valence-electron chi connectivity index (χ3n) is 4.04. The fourth-order valence-electron chi connectivity index (χ4n) is 2.72. The molecule has 0 fully saturated rings. The molecular formula is C21H24Cl2O6S. The number of phenols is 1. The van der Waals surface area contributed by atoms with E-state index in [0.29, 0.717) is 18.1 Å². The smallest absolute Gasteiger partial charge is 0.333 e. The van der Waals surface area contributed by atoms with Crippen LogP contribution in [0.3, 0.4) is 0 Å².